The number of carbonyl (C=O) groups excluding carboxylic acids is 2. The molecular weight excluding hydrogens is 310 g/mol. The molecule has 132 valence electrons. The van der Waals surface area contributed by atoms with Crippen LogP contribution in [-0.4, -0.2) is 29.0 Å². The quantitative estimate of drug-likeness (QED) is 0.605. The number of alkyl carbamates (subject to hydrolysis) is 1. The Hall–Kier alpha value is -2.37. The lowest BCUT2D eigenvalue weighted by molar-refractivity contribution is -0.139. The van der Waals surface area contributed by atoms with Crippen LogP contribution < -0.4 is 5.32 Å². The molecule has 2 N–H and O–H groups in total. The molecule has 1 aromatic rings. The molecule has 1 aromatic carbocycles. The number of carbonyl (C=O) groups is 3. The van der Waals surface area contributed by atoms with Gasteiger partial charge in [0.2, 0.25) is 0 Å². The van der Waals surface area contributed by atoms with Crippen LogP contribution in [0.2, 0.25) is 0 Å². The van der Waals surface area contributed by atoms with Gasteiger partial charge in [0.15, 0.2) is 0 Å². The number of nitrogens with one attached hydrogen (secondary N) is 1. The molecule has 1 rings (SSSR count). The van der Waals surface area contributed by atoms with E-state index >= 15 is 0 Å². The number of ketones is 1. The summed E-state index contributed by atoms with van der Waals surface area (Å²) in [5, 5.41) is 11.5. The van der Waals surface area contributed by atoms with Crippen molar-refractivity contribution in [1.82, 2.24) is 5.32 Å². The van der Waals surface area contributed by atoms with Crippen molar-refractivity contribution in [2.45, 2.75) is 58.1 Å². The monoisotopic (exact) mass is 335 g/mol. The Bertz CT molecular complexity index is 529. The lowest BCUT2D eigenvalue weighted by Crippen LogP contribution is -2.41. The summed E-state index contributed by atoms with van der Waals surface area (Å²) in [7, 11) is 0. The third-order valence-electron chi connectivity index (χ3n) is 3.65. The predicted molar refractivity (Wildman–Crippen MR) is 89.6 cm³/mol. The highest BCUT2D eigenvalue weighted by Gasteiger charge is 2.20. The van der Waals surface area contributed by atoms with Crippen molar-refractivity contribution in [2.24, 2.45) is 0 Å². The van der Waals surface area contributed by atoms with Crippen molar-refractivity contribution < 1.29 is 24.2 Å². The maximum absolute atomic E-state index is 11.7. The average Bonchev–Trinajstić information content (AvgIpc) is 2.59. The van der Waals surface area contributed by atoms with Gasteiger partial charge in [0.25, 0.3) is 0 Å². The van der Waals surface area contributed by atoms with Gasteiger partial charge < -0.3 is 15.2 Å². The molecule has 0 fully saturated rings. The van der Waals surface area contributed by atoms with Crippen molar-refractivity contribution in [1.29, 1.82) is 0 Å². The van der Waals surface area contributed by atoms with Crippen LogP contribution in [0, 0.1) is 0 Å². The minimum Gasteiger partial charge on any atom is -0.480 e. The molecule has 0 aliphatic heterocycles. The van der Waals surface area contributed by atoms with E-state index in [1.54, 1.807) is 0 Å². The van der Waals surface area contributed by atoms with Gasteiger partial charge in [-0.15, -0.1) is 0 Å². The van der Waals surface area contributed by atoms with Crippen LogP contribution in [0.15, 0.2) is 30.3 Å². The van der Waals surface area contributed by atoms with Crippen LogP contribution in [0.5, 0.6) is 0 Å². The van der Waals surface area contributed by atoms with Gasteiger partial charge in [0, 0.05) is 12.8 Å². The van der Waals surface area contributed by atoms with Gasteiger partial charge in [-0.2, -0.15) is 0 Å². The fraction of sp³-hybridized carbons (Fsp3) is 0.500. The van der Waals surface area contributed by atoms with Crippen molar-refractivity contribution in [3.05, 3.63) is 35.9 Å². The molecule has 0 spiro atoms. The summed E-state index contributed by atoms with van der Waals surface area (Å²) in [5.41, 5.74) is 0.833. The van der Waals surface area contributed by atoms with Crippen LogP contribution in [0.3, 0.4) is 0 Å². The maximum Gasteiger partial charge on any atom is 0.408 e. The smallest absolute Gasteiger partial charge is 0.408 e. The second-order valence-corrected chi connectivity index (χ2v) is 5.59. The molecule has 0 saturated heterocycles. The second kappa shape index (κ2) is 11.2. The largest absolute Gasteiger partial charge is 0.480 e. The number of benzene rings is 1. The summed E-state index contributed by atoms with van der Waals surface area (Å²) in [5.74, 6) is -0.872. The number of amides is 1. The predicted octanol–water partition coefficient (Wildman–Crippen LogP) is 3.30. The van der Waals surface area contributed by atoms with Crippen molar-refractivity contribution in [2.75, 3.05) is 0 Å². The molecule has 6 heteroatoms. The van der Waals surface area contributed by atoms with E-state index < -0.39 is 18.1 Å². The number of carboxylic acid groups (broad SMARTS) is 1. The Morgan fingerprint density at radius 2 is 1.83 bits per heavy atom. The number of aliphatic carboxylic acids is 1. The number of unbranched alkanes of at least 4 members (excludes halogenated alkanes) is 2. The molecule has 0 radical (unpaired) electrons. The summed E-state index contributed by atoms with van der Waals surface area (Å²) < 4.78 is 5.02. The highest BCUT2D eigenvalue weighted by Crippen LogP contribution is 2.08. The minimum atomic E-state index is -1.09. The molecule has 6 nitrogen and oxygen atoms in total. The average molecular weight is 335 g/mol. The SMILES string of the molecule is CCC(=O)CCCCC[C@H](NC(=O)OCc1ccccc1)C(=O)O. The maximum atomic E-state index is 11.7. The normalized spacial score (nSPS) is 11.5. The molecule has 0 saturated carbocycles. The van der Waals surface area contributed by atoms with Gasteiger partial charge in [-0.25, -0.2) is 9.59 Å². The Kier molecular flexibility index (Phi) is 9.19. The fourth-order valence-corrected chi connectivity index (χ4v) is 2.19. The second-order valence-electron chi connectivity index (χ2n) is 5.59. The van der Waals surface area contributed by atoms with Crippen LogP contribution in [-0.2, 0) is 20.9 Å². The molecule has 1 atom stereocenters. The van der Waals surface area contributed by atoms with Gasteiger partial charge >= 0.3 is 12.1 Å². The zero-order valence-corrected chi connectivity index (χ0v) is 14.0. The number of Topliss-reactive ketones (excluding diaryl/α,β-unsaturated/α-hetero) is 1. The number of carboxylic acids is 1. The zero-order valence-electron chi connectivity index (χ0n) is 14.0. The molecule has 0 aromatic heterocycles. The van der Waals surface area contributed by atoms with E-state index in [-0.39, 0.29) is 12.4 Å². The number of ether oxygens (including phenoxy) is 1. The summed E-state index contributed by atoms with van der Waals surface area (Å²) in [6.45, 7) is 1.92. The van der Waals surface area contributed by atoms with Crippen molar-refractivity contribution >= 4 is 17.8 Å². The Morgan fingerprint density at radius 3 is 2.46 bits per heavy atom. The third-order valence-corrected chi connectivity index (χ3v) is 3.65. The van der Waals surface area contributed by atoms with Gasteiger partial charge in [0.05, 0.1) is 0 Å². The molecule has 0 unspecified atom stereocenters. The molecule has 1 amide bonds. The molecule has 0 heterocycles. The van der Waals surface area contributed by atoms with Crippen LogP contribution in [0.4, 0.5) is 4.79 Å². The Labute approximate surface area is 142 Å². The van der Waals surface area contributed by atoms with Crippen LogP contribution in [0.25, 0.3) is 0 Å². The first-order valence-electron chi connectivity index (χ1n) is 8.24. The molecule has 0 aliphatic rings. The van der Waals surface area contributed by atoms with E-state index in [1.807, 2.05) is 37.3 Å². The van der Waals surface area contributed by atoms with Gasteiger partial charge in [-0.3, -0.25) is 4.79 Å². The number of hydrogen-bond acceptors (Lipinski definition) is 4. The first-order valence-corrected chi connectivity index (χ1v) is 8.24. The summed E-state index contributed by atoms with van der Waals surface area (Å²) in [6, 6.07) is 8.19. The first kappa shape index (κ1) is 19.7. The van der Waals surface area contributed by atoms with E-state index in [9.17, 15) is 14.4 Å². The van der Waals surface area contributed by atoms with Gasteiger partial charge in [-0.1, -0.05) is 50.1 Å². The summed E-state index contributed by atoms with van der Waals surface area (Å²) >= 11 is 0. The lowest BCUT2D eigenvalue weighted by atomic mass is 10.1. The molecule has 0 bridgehead atoms. The van der Waals surface area contributed by atoms with Crippen LogP contribution in [0.1, 0.15) is 51.0 Å². The number of hydrogen-bond donors (Lipinski definition) is 2. The zero-order chi connectivity index (χ0) is 17.8. The van der Waals surface area contributed by atoms with E-state index in [0.29, 0.717) is 25.7 Å². The minimum absolute atomic E-state index is 0.0954. The first-order chi connectivity index (χ1) is 11.5. The van der Waals surface area contributed by atoms with E-state index in [4.69, 9.17) is 9.84 Å². The number of rotatable bonds is 11. The molecule has 24 heavy (non-hydrogen) atoms. The highest BCUT2D eigenvalue weighted by atomic mass is 16.5. The Morgan fingerprint density at radius 1 is 1.12 bits per heavy atom. The molecular formula is C18H25NO5. The van der Waals surface area contributed by atoms with Crippen molar-refractivity contribution in [3.8, 4) is 0 Å². The highest BCUT2D eigenvalue weighted by molar-refractivity contribution is 5.79. The van der Waals surface area contributed by atoms with E-state index in [1.165, 1.54) is 0 Å². The summed E-state index contributed by atoms with van der Waals surface area (Å²) in [6.07, 6.45) is 2.77. The summed E-state index contributed by atoms with van der Waals surface area (Å²) in [4.78, 5) is 34.1. The van der Waals surface area contributed by atoms with E-state index in [2.05, 4.69) is 5.32 Å². The topological polar surface area (TPSA) is 92.7 Å². The van der Waals surface area contributed by atoms with Crippen LogP contribution >= 0.6 is 0 Å². The molecule has 0 aliphatic carbocycles. The third kappa shape index (κ3) is 8.31. The van der Waals surface area contributed by atoms with Gasteiger partial charge in [-0.05, 0) is 18.4 Å². The Balaban J connectivity index is 2.27. The lowest BCUT2D eigenvalue weighted by Gasteiger charge is -2.14. The standard InChI is InChI=1S/C18H25NO5/c1-2-15(20)11-7-4-8-12-16(17(21)22)19-18(23)24-13-14-9-5-3-6-10-14/h3,5-6,9-10,16H,2,4,7-8,11-13H2,1H3,(H,19,23)(H,21,22)/t16-/m0/s1. The van der Waals surface area contributed by atoms with Gasteiger partial charge in [0.1, 0.15) is 18.4 Å². The fourth-order valence-electron chi connectivity index (χ4n) is 2.19. The van der Waals surface area contributed by atoms with Crippen molar-refractivity contribution in [3.63, 3.8) is 0 Å². The van der Waals surface area contributed by atoms with E-state index in [0.717, 1.165) is 18.4 Å².